The number of aliphatic hydroxyl groups is 1. The average molecular weight is 695 g/mol. The number of ether oxygens (including phenoxy) is 1. The summed E-state index contributed by atoms with van der Waals surface area (Å²) >= 11 is 0. The van der Waals surface area contributed by atoms with Gasteiger partial charge < -0.3 is 18.2 Å². The molecule has 0 aliphatic rings. The lowest BCUT2D eigenvalue weighted by Gasteiger charge is -2.22. The Morgan fingerprint density at radius 2 is 1.02 bits per heavy atom. The number of hydrogen-bond acceptors (Lipinski definition) is 9. The predicted molar refractivity (Wildman–Crippen MR) is 179 cm³/mol. The van der Waals surface area contributed by atoms with E-state index < -0.39 is 33.0 Å². The third-order valence-corrected chi connectivity index (χ3v) is 8.70. The Morgan fingerprint density at radius 3 is 1.43 bits per heavy atom. The van der Waals surface area contributed by atoms with Gasteiger partial charge in [-0.2, -0.15) is 16.8 Å². The third-order valence-electron chi connectivity index (χ3n) is 7.90. The van der Waals surface area contributed by atoms with Gasteiger partial charge in [0.15, 0.2) is 0 Å². The molecule has 0 bridgehead atoms. The van der Waals surface area contributed by atoms with Crippen molar-refractivity contribution in [3.63, 3.8) is 0 Å². The highest BCUT2D eigenvalue weighted by molar-refractivity contribution is 7.81. The summed E-state index contributed by atoms with van der Waals surface area (Å²) in [5, 5.41) is 10.6. The highest BCUT2D eigenvalue weighted by Gasteiger charge is 2.21. The fourth-order valence-electron chi connectivity index (χ4n) is 5.60. The van der Waals surface area contributed by atoms with Crippen LogP contribution in [0, 0.1) is 0 Å². The lowest BCUT2D eigenvalue weighted by Crippen LogP contribution is -2.30. The number of esters is 1. The van der Waals surface area contributed by atoms with E-state index in [0.717, 1.165) is 76.7 Å². The van der Waals surface area contributed by atoms with E-state index >= 15 is 0 Å². The molecule has 0 aromatic heterocycles. The molecule has 1 aromatic carbocycles. The van der Waals surface area contributed by atoms with Crippen molar-refractivity contribution in [1.29, 1.82) is 0 Å². The molecule has 0 aliphatic carbocycles. The van der Waals surface area contributed by atoms with Gasteiger partial charge in [-0.3, -0.25) is 13.9 Å². The van der Waals surface area contributed by atoms with Crippen LogP contribution >= 0.6 is 0 Å². The summed E-state index contributed by atoms with van der Waals surface area (Å²) in [6.45, 7) is 3.61. The quantitative estimate of drug-likeness (QED) is 0.0420. The molecule has 1 rings (SSSR count). The standard InChI is InChI=1S/C33H58O11S2/c1-3-4-5-6-17-20-23-32(35)33(42-28(2)34)24-21-18-15-13-11-9-7-8-10-12-14-16-19-22-29-25-30(43-45(36,37)38)27-31(26-29)44-46(39,40)41/h25-27,32-33,35H,3-24H2,1-2H3,(H,36,37,38)(H,39,40,41). The Kier molecular flexibility index (Phi) is 22.2. The van der Waals surface area contributed by atoms with Gasteiger partial charge in [0.1, 0.15) is 17.6 Å². The Labute approximate surface area is 277 Å². The first-order valence-electron chi connectivity index (χ1n) is 17.1. The highest BCUT2D eigenvalue weighted by atomic mass is 32.3. The first kappa shape index (κ1) is 42.1. The maximum absolute atomic E-state index is 11.5. The SMILES string of the molecule is CCCCCCCCC(O)C(CCCCCCCCCCCCCCCc1cc(OS(=O)(=O)O)cc(OS(=O)(=O)O)c1)OC(C)=O. The van der Waals surface area contributed by atoms with Crippen LogP contribution in [-0.2, 0) is 36.8 Å². The minimum Gasteiger partial charge on any atom is -0.460 e. The molecule has 0 aliphatic heterocycles. The minimum absolute atomic E-state index is 0.319. The second kappa shape index (κ2) is 24.2. The summed E-state index contributed by atoms with van der Waals surface area (Å²) in [7, 11) is -9.61. The lowest BCUT2D eigenvalue weighted by molar-refractivity contribution is -0.153. The summed E-state index contributed by atoms with van der Waals surface area (Å²) < 4.78 is 76.2. The van der Waals surface area contributed by atoms with E-state index in [2.05, 4.69) is 15.3 Å². The number of carbonyl (C=O) groups excluding carboxylic acids is 1. The van der Waals surface area contributed by atoms with E-state index in [1.807, 2.05) is 0 Å². The van der Waals surface area contributed by atoms with Crippen LogP contribution < -0.4 is 8.37 Å². The highest BCUT2D eigenvalue weighted by Crippen LogP contribution is 2.26. The van der Waals surface area contributed by atoms with Gasteiger partial charge in [-0.05, 0) is 49.8 Å². The molecule has 46 heavy (non-hydrogen) atoms. The summed E-state index contributed by atoms with van der Waals surface area (Å²) in [6.07, 6.45) is 22.1. The zero-order valence-electron chi connectivity index (χ0n) is 27.9. The van der Waals surface area contributed by atoms with Gasteiger partial charge in [0, 0.05) is 13.0 Å². The van der Waals surface area contributed by atoms with Gasteiger partial charge >= 0.3 is 26.8 Å². The molecule has 0 fully saturated rings. The van der Waals surface area contributed by atoms with E-state index in [-0.39, 0.29) is 17.5 Å². The Balaban J connectivity index is 2.13. The van der Waals surface area contributed by atoms with Gasteiger partial charge in [0.2, 0.25) is 0 Å². The fraction of sp³-hybridized carbons (Fsp3) is 0.788. The number of rotatable bonds is 29. The molecule has 0 saturated carbocycles. The summed E-state index contributed by atoms with van der Waals surface area (Å²) in [5.41, 5.74) is 0.546. The summed E-state index contributed by atoms with van der Waals surface area (Å²) in [4.78, 5) is 11.5. The molecule has 0 spiro atoms. The van der Waals surface area contributed by atoms with Crippen LogP contribution in [0.4, 0.5) is 0 Å². The number of unbranched alkanes of at least 4 members (excludes halogenated alkanes) is 17. The van der Waals surface area contributed by atoms with Crippen LogP contribution in [0.1, 0.15) is 154 Å². The van der Waals surface area contributed by atoms with E-state index in [0.29, 0.717) is 18.4 Å². The number of aryl methyl sites for hydroxylation is 1. The van der Waals surface area contributed by atoms with Crippen molar-refractivity contribution >= 4 is 26.8 Å². The second-order valence-electron chi connectivity index (χ2n) is 12.2. The zero-order chi connectivity index (χ0) is 34.3. The first-order chi connectivity index (χ1) is 21.8. The molecule has 2 unspecified atom stereocenters. The monoisotopic (exact) mass is 694 g/mol. The number of carbonyl (C=O) groups is 1. The largest absolute Gasteiger partial charge is 0.460 e. The zero-order valence-corrected chi connectivity index (χ0v) is 29.5. The molecule has 13 heteroatoms. The molecule has 3 N–H and O–H groups in total. The molecule has 0 radical (unpaired) electrons. The number of hydrogen-bond donors (Lipinski definition) is 3. The maximum Gasteiger partial charge on any atom is 0.446 e. The molecule has 2 atom stereocenters. The number of aliphatic hydroxyl groups excluding tert-OH is 1. The van der Waals surface area contributed by atoms with E-state index in [4.69, 9.17) is 13.8 Å². The third kappa shape index (κ3) is 24.3. The molecule has 0 amide bonds. The Hall–Kier alpha value is -1.93. The van der Waals surface area contributed by atoms with Crippen molar-refractivity contribution in [2.24, 2.45) is 0 Å². The number of benzene rings is 1. The smallest absolute Gasteiger partial charge is 0.446 e. The second-order valence-corrected chi connectivity index (χ2v) is 14.3. The van der Waals surface area contributed by atoms with Gasteiger partial charge in [0.05, 0.1) is 6.10 Å². The van der Waals surface area contributed by atoms with Crippen LogP contribution in [0.15, 0.2) is 18.2 Å². The van der Waals surface area contributed by atoms with Gasteiger partial charge in [-0.1, -0.05) is 116 Å². The fourth-order valence-corrected chi connectivity index (χ4v) is 6.28. The molecule has 1 aromatic rings. The van der Waals surface area contributed by atoms with E-state index in [1.165, 1.54) is 76.8 Å². The molecular weight excluding hydrogens is 636 g/mol. The van der Waals surface area contributed by atoms with Crippen molar-refractivity contribution in [3.8, 4) is 11.5 Å². The van der Waals surface area contributed by atoms with E-state index in [9.17, 15) is 26.7 Å². The Bertz CT molecular complexity index is 1120. The van der Waals surface area contributed by atoms with Gasteiger partial charge in [-0.25, -0.2) is 0 Å². The van der Waals surface area contributed by atoms with Crippen molar-refractivity contribution in [3.05, 3.63) is 23.8 Å². The average Bonchev–Trinajstić information content (AvgIpc) is 2.94. The normalized spacial score (nSPS) is 13.3. The summed E-state index contributed by atoms with van der Waals surface area (Å²) in [5.74, 6) is -0.963. The lowest BCUT2D eigenvalue weighted by atomic mass is 9.99. The molecule has 11 nitrogen and oxygen atoms in total. The molecular formula is C33H58O11S2. The van der Waals surface area contributed by atoms with Crippen molar-refractivity contribution in [1.82, 2.24) is 0 Å². The van der Waals surface area contributed by atoms with Crippen LogP contribution in [0.25, 0.3) is 0 Å². The van der Waals surface area contributed by atoms with Gasteiger partial charge in [0.25, 0.3) is 0 Å². The van der Waals surface area contributed by atoms with Crippen molar-refractivity contribution in [2.75, 3.05) is 0 Å². The van der Waals surface area contributed by atoms with Crippen LogP contribution in [0.5, 0.6) is 11.5 Å². The molecule has 0 heterocycles. The first-order valence-corrected chi connectivity index (χ1v) is 19.8. The van der Waals surface area contributed by atoms with Crippen molar-refractivity contribution < 1.29 is 48.9 Å². The van der Waals surface area contributed by atoms with Crippen molar-refractivity contribution in [2.45, 2.75) is 167 Å². The molecule has 268 valence electrons. The van der Waals surface area contributed by atoms with Crippen LogP contribution in [0.2, 0.25) is 0 Å². The maximum atomic E-state index is 11.5. The minimum atomic E-state index is -4.81. The van der Waals surface area contributed by atoms with Crippen LogP contribution in [-0.4, -0.2) is 49.2 Å². The topological polar surface area (TPSA) is 174 Å². The summed E-state index contributed by atoms with van der Waals surface area (Å²) in [6, 6.07) is 3.68. The Morgan fingerprint density at radius 1 is 0.630 bits per heavy atom. The van der Waals surface area contributed by atoms with E-state index in [1.54, 1.807) is 0 Å². The van der Waals surface area contributed by atoms with Crippen LogP contribution in [0.3, 0.4) is 0 Å². The van der Waals surface area contributed by atoms with Gasteiger partial charge in [-0.15, -0.1) is 0 Å². The molecule has 0 saturated heterocycles. The predicted octanol–water partition coefficient (Wildman–Crippen LogP) is 8.10.